The summed E-state index contributed by atoms with van der Waals surface area (Å²) in [6, 6.07) is 0. The first-order valence-corrected chi connectivity index (χ1v) is 5.49. The van der Waals surface area contributed by atoms with E-state index in [9.17, 15) is 9.59 Å². The largest absolute Gasteiger partial charge is 0.286 e. The van der Waals surface area contributed by atoms with Gasteiger partial charge in [-0.2, -0.15) is 0 Å². The fraction of sp³-hybridized carbons (Fsp3) is 0.778. The molecule has 3 nitrogen and oxygen atoms in total. The van der Waals surface area contributed by atoms with Crippen molar-refractivity contribution in [3.63, 3.8) is 0 Å². The summed E-state index contributed by atoms with van der Waals surface area (Å²) in [4.78, 5) is 21.9. The molecule has 0 aromatic carbocycles. The number of carbonyl (C=O) groups is 2. The molecule has 0 radical (unpaired) electrons. The van der Waals surface area contributed by atoms with Gasteiger partial charge in [0.05, 0.1) is 5.25 Å². The minimum atomic E-state index is -0.195. The molecule has 0 aromatic rings. The Hall–Kier alpha value is -0.510. The van der Waals surface area contributed by atoms with Gasteiger partial charge >= 0.3 is 0 Å². The zero-order valence-electron chi connectivity index (χ0n) is 8.00. The highest BCUT2D eigenvalue weighted by Gasteiger charge is 2.30. The third kappa shape index (κ3) is 3.38. The van der Waals surface area contributed by atoms with Gasteiger partial charge in [0.25, 0.3) is 5.24 Å². The van der Waals surface area contributed by atoms with Gasteiger partial charge in [-0.3, -0.25) is 14.9 Å². The monoisotopic (exact) mass is 201 g/mol. The van der Waals surface area contributed by atoms with Crippen LogP contribution in [0.4, 0.5) is 4.79 Å². The van der Waals surface area contributed by atoms with Crippen LogP contribution in [0.25, 0.3) is 0 Å². The van der Waals surface area contributed by atoms with Gasteiger partial charge in [-0.1, -0.05) is 38.5 Å². The van der Waals surface area contributed by atoms with Crippen LogP contribution in [-0.4, -0.2) is 16.4 Å². The molecule has 0 bridgehead atoms. The van der Waals surface area contributed by atoms with Crippen LogP contribution in [-0.2, 0) is 4.79 Å². The number of amides is 2. The van der Waals surface area contributed by atoms with Crippen LogP contribution >= 0.6 is 11.8 Å². The standard InChI is InChI=1S/C9H15NO2S/c1-6(2)4-3-5-7-8(11)10-9(12)13-7/h6-7H,3-5H2,1-2H3,(H,10,11,12). The summed E-state index contributed by atoms with van der Waals surface area (Å²) in [6.45, 7) is 4.32. The molecule has 1 N–H and O–H groups in total. The first kappa shape index (κ1) is 10.6. The van der Waals surface area contributed by atoms with Crippen LogP contribution in [0.1, 0.15) is 33.1 Å². The van der Waals surface area contributed by atoms with Crippen molar-refractivity contribution in [3.05, 3.63) is 0 Å². The summed E-state index contributed by atoms with van der Waals surface area (Å²) in [5.74, 6) is 0.559. The molecule has 1 unspecified atom stereocenters. The summed E-state index contributed by atoms with van der Waals surface area (Å²) in [5.41, 5.74) is 0. The Bertz CT molecular complexity index is 216. The molecule has 0 aliphatic carbocycles. The predicted molar refractivity (Wildman–Crippen MR) is 53.6 cm³/mol. The highest BCUT2D eigenvalue weighted by atomic mass is 32.2. The average Bonchev–Trinajstić information content (AvgIpc) is 2.29. The van der Waals surface area contributed by atoms with Gasteiger partial charge in [-0.05, 0) is 12.3 Å². The zero-order valence-corrected chi connectivity index (χ0v) is 8.82. The van der Waals surface area contributed by atoms with Gasteiger partial charge in [0.15, 0.2) is 0 Å². The minimum absolute atomic E-state index is 0.112. The molecule has 74 valence electrons. The predicted octanol–water partition coefficient (Wildman–Crippen LogP) is 2.16. The van der Waals surface area contributed by atoms with Crippen molar-refractivity contribution in [2.24, 2.45) is 5.92 Å². The molecule has 1 fully saturated rings. The molecule has 1 aliphatic heterocycles. The Morgan fingerprint density at radius 2 is 2.15 bits per heavy atom. The second kappa shape index (κ2) is 4.65. The van der Waals surface area contributed by atoms with E-state index in [1.165, 1.54) is 0 Å². The number of imide groups is 1. The third-order valence-corrected chi connectivity index (χ3v) is 3.07. The Morgan fingerprint density at radius 3 is 2.62 bits per heavy atom. The number of thioether (sulfide) groups is 1. The summed E-state index contributed by atoms with van der Waals surface area (Å²) in [7, 11) is 0. The van der Waals surface area contributed by atoms with E-state index < -0.39 is 0 Å². The number of rotatable bonds is 4. The van der Waals surface area contributed by atoms with Gasteiger partial charge in [0.1, 0.15) is 0 Å². The van der Waals surface area contributed by atoms with E-state index in [4.69, 9.17) is 0 Å². The summed E-state index contributed by atoms with van der Waals surface area (Å²) in [6.07, 6.45) is 2.97. The van der Waals surface area contributed by atoms with E-state index in [0.717, 1.165) is 31.0 Å². The van der Waals surface area contributed by atoms with Crippen molar-refractivity contribution in [1.82, 2.24) is 5.32 Å². The molecule has 2 amide bonds. The van der Waals surface area contributed by atoms with E-state index in [1.807, 2.05) is 0 Å². The smallest absolute Gasteiger partial charge is 0.286 e. The van der Waals surface area contributed by atoms with E-state index in [0.29, 0.717) is 5.92 Å². The third-order valence-electron chi connectivity index (χ3n) is 2.01. The maximum atomic E-state index is 11.1. The molecule has 1 rings (SSSR count). The number of nitrogens with one attached hydrogen (secondary N) is 1. The number of hydrogen-bond acceptors (Lipinski definition) is 3. The molecular weight excluding hydrogens is 186 g/mol. The van der Waals surface area contributed by atoms with E-state index in [2.05, 4.69) is 19.2 Å². The van der Waals surface area contributed by atoms with Crippen LogP contribution in [0.2, 0.25) is 0 Å². The fourth-order valence-electron chi connectivity index (χ4n) is 1.29. The average molecular weight is 201 g/mol. The fourth-order valence-corrected chi connectivity index (χ4v) is 2.16. The number of hydrogen-bond donors (Lipinski definition) is 1. The topological polar surface area (TPSA) is 46.2 Å². The SMILES string of the molecule is CC(C)CCCC1SC(=O)NC1=O. The normalized spacial score (nSPS) is 22.5. The molecule has 1 aliphatic rings. The lowest BCUT2D eigenvalue weighted by Crippen LogP contribution is -2.24. The van der Waals surface area contributed by atoms with Crippen LogP contribution in [0.5, 0.6) is 0 Å². The van der Waals surface area contributed by atoms with Crippen LogP contribution < -0.4 is 5.32 Å². The molecule has 1 saturated heterocycles. The van der Waals surface area contributed by atoms with Crippen molar-refractivity contribution < 1.29 is 9.59 Å². The second-order valence-electron chi connectivity index (χ2n) is 3.71. The van der Waals surface area contributed by atoms with Crippen molar-refractivity contribution in [1.29, 1.82) is 0 Å². The summed E-state index contributed by atoms with van der Waals surface area (Å²) >= 11 is 1.13. The highest BCUT2D eigenvalue weighted by Crippen LogP contribution is 2.24. The Balaban J connectivity index is 2.22. The Labute approximate surface area is 82.6 Å². The lowest BCUT2D eigenvalue weighted by Gasteiger charge is -2.06. The molecule has 1 heterocycles. The molecule has 4 heteroatoms. The van der Waals surface area contributed by atoms with Crippen LogP contribution in [0.15, 0.2) is 0 Å². The second-order valence-corrected chi connectivity index (χ2v) is 4.88. The maximum absolute atomic E-state index is 11.1. The Kier molecular flexibility index (Phi) is 3.78. The zero-order chi connectivity index (χ0) is 9.84. The molecule has 1 atom stereocenters. The van der Waals surface area contributed by atoms with Crippen molar-refractivity contribution >= 4 is 22.9 Å². The summed E-state index contributed by atoms with van der Waals surface area (Å²) in [5, 5.41) is 1.96. The first-order chi connectivity index (χ1) is 6.09. The first-order valence-electron chi connectivity index (χ1n) is 4.61. The van der Waals surface area contributed by atoms with Gasteiger partial charge in [-0.15, -0.1) is 0 Å². The van der Waals surface area contributed by atoms with Gasteiger partial charge in [0, 0.05) is 0 Å². The van der Waals surface area contributed by atoms with E-state index in [-0.39, 0.29) is 16.4 Å². The van der Waals surface area contributed by atoms with Gasteiger partial charge < -0.3 is 0 Å². The highest BCUT2D eigenvalue weighted by molar-refractivity contribution is 8.15. The van der Waals surface area contributed by atoms with Crippen LogP contribution in [0, 0.1) is 5.92 Å². The molecular formula is C9H15NO2S. The molecule has 13 heavy (non-hydrogen) atoms. The van der Waals surface area contributed by atoms with Crippen LogP contribution in [0.3, 0.4) is 0 Å². The Morgan fingerprint density at radius 1 is 1.46 bits per heavy atom. The maximum Gasteiger partial charge on any atom is 0.286 e. The molecule has 0 aromatic heterocycles. The van der Waals surface area contributed by atoms with Crippen molar-refractivity contribution in [3.8, 4) is 0 Å². The summed E-state index contributed by atoms with van der Waals surface area (Å²) < 4.78 is 0. The number of carbonyl (C=O) groups excluding carboxylic acids is 2. The molecule has 0 spiro atoms. The lowest BCUT2D eigenvalue weighted by atomic mass is 10.1. The minimum Gasteiger partial charge on any atom is -0.286 e. The van der Waals surface area contributed by atoms with Crippen molar-refractivity contribution in [2.75, 3.05) is 0 Å². The quantitative estimate of drug-likeness (QED) is 0.758. The van der Waals surface area contributed by atoms with E-state index >= 15 is 0 Å². The van der Waals surface area contributed by atoms with Gasteiger partial charge in [0.2, 0.25) is 5.91 Å². The van der Waals surface area contributed by atoms with Gasteiger partial charge in [-0.25, -0.2) is 0 Å². The lowest BCUT2D eigenvalue weighted by molar-refractivity contribution is -0.119. The van der Waals surface area contributed by atoms with Crippen molar-refractivity contribution in [2.45, 2.75) is 38.4 Å². The molecule has 0 saturated carbocycles. The van der Waals surface area contributed by atoms with E-state index in [1.54, 1.807) is 0 Å².